The second-order valence-electron chi connectivity index (χ2n) is 4.32. The molecule has 0 saturated heterocycles. The van der Waals surface area contributed by atoms with E-state index in [0.717, 1.165) is 17.4 Å². The van der Waals surface area contributed by atoms with E-state index in [1.54, 1.807) is 13.2 Å². The summed E-state index contributed by atoms with van der Waals surface area (Å²) >= 11 is 0. The zero-order chi connectivity index (χ0) is 13.0. The third-order valence-electron chi connectivity index (χ3n) is 2.96. The number of carboxylic acids is 1. The second-order valence-corrected chi connectivity index (χ2v) is 4.32. The maximum absolute atomic E-state index is 10.5. The number of rotatable bonds is 5. The van der Waals surface area contributed by atoms with E-state index < -0.39 is 5.97 Å². The van der Waals surface area contributed by atoms with Gasteiger partial charge in [0.1, 0.15) is 5.75 Å². The fourth-order valence-corrected chi connectivity index (χ4v) is 1.88. The van der Waals surface area contributed by atoms with E-state index in [4.69, 9.17) is 9.84 Å². The first kappa shape index (κ1) is 12.4. The van der Waals surface area contributed by atoms with Crippen molar-refractivity contribution < 1.29 is 14.6 Å². The first-order chi connectivity index (χ1) is 8.70. The molecule has 1 aromatic carbocycles. The molecule has 0 bridgehead atoms. The Labute approximate surface area is 106 Å². The van der Waals surface area contributed by atoms with E-state index in [0.29, 0.717) is 5.92 Å². The Morgan fingerprint density at radius 2 is 2.00 bits per heavy atom. The molecule has 0 radical (unpaired) electrons. The SMILES string of the molecule is COc1ccc(/C(=C\C=C\C(=O)O)C2CC2)cc1. The number of carbonyl (C=O) groups is 1. The molecule has 94 valence electrons. The number of carboxylic acid groups (broad SMARTS) is 1. The van der Waals surface area contributed by atoms with E-state index in [1.807, 2.05) is 30.3 Å². The van der Waals surface area contributed by atoms with E-state index in [9.17, 15) is 4.79 Å². The standard InChI is InChI=1S/C15H16O3/c1-18-13-9-7-12(8-10-13)14(11-5-6-11)3-2-4-15(16)17/h2-4,7-11H,5-6H2,1H3,(H,16,17)/b4-2+,14-3-. The fraction of sp³-hybridized carbons (Fsp3) is 0.267. The summed E-state index contributed by atoms with van der Waals surface area (Å²) in [4.78, 5) is 10.5. The van der Waals surface area contributed by atoms with E-state index in [2.05, 4.69) is 0 Å². The molecule has 0 heterocycles. The molecule has 0 spiro atoms. The summed E-state index contributed by atoms with van der Waals surface area (Å²) in [6.45, 7) is 0. The van der Waals surface area contributed by atoms with Gasteiger partial charge in [0.2, 0.25) is 0 Å². The Morgan fingerprint density at radius 1 is 1.33 bits per heavy atom. The lowest BCUT2D eigenvalue weighted by molar-refractivity contribution is -0.131. The van der Waals surface area contributed by atoms with Gasteiger partial charge in [-0.2, -0.15) is 0 Å². The molecule has 0 aliphatic heterocycles. The van der Waals surface area contributed by atoms with Gasteiger partial charge in [-0.05, 0) is 42.0 Å². The van der Waals surface area contributed by atoms with Crippen LogP contribution in [-0.4, -0.2) is 18.2 Å². The minimum Gasteiger partial charge on any atom is -0.497 e. The normalized spacial score (nSPS) is 15.9. The molecule has 0 aromatic heterocycles. The molecule has 3 heteroatoms. The molecule has 1 aliphatic rings. The highest BCUT2D eigenvalue weighted by molar-refractivity contribution is 5.81. The van der Waals surface area contributed by atoms with Crippen LogP contribution in [0.5, 0.6) is 5.75 Å². The van der Waals surface area contributed by atoms with Crippen LogP contribution < -0.4 is 4.74 Å². The molecule has 2 rings (SSSR count). The van der Waals surface area contributed by atoms with Gasteiger partial charge in [-0.3, -0.25) is 0 Å². The summed E-state index contributed by atoms with van der Waals surface area (Å²) < 4.78 is 5.13. The molecule has 1 aliphatic carbocycles. The van der Waals surface area contributed by atoms with Crippen LogP contribution in [0, 0.1) is 5.92 Å². The molecule has 1 saturated carbocycles. The smallest absolute Gasteiger partial charge is 0.328 e. The van der Waals surface area contributed by atoms with Crippen LogP contribution in [0.4, 0.5) is 0 Å². The maximum atomic E-state index is 10.5. The number of allylic oxidation sites excluding steroid dienone is 3. The van der Waals surface area contributed by atoms with Crippen molar-refractivity contribution in [1.82, 2.24) is 0 Å². The van der Waals surface area contributed by atoms with Crippen molar-refractivity contribution in [3.63, 3.8) is 0 Å². The Balaban J connectivity index is 2.21. The summed E-state index contributed by atoms with van der Waals surface area (Å²) in [6, 6.07) is 7.87. The minimum atomic E-state index is -0.920. The Morgan fingerprint density at radius 3 is 2.50 bits per heavy atom. The zero-order valence-corrected chi connectivity index (χ0v) is 10.3. The van der Waals surface area contributed by atoms with Gasteiger partial charge < -0.3 is 9.84 Å². The van der Waals surface area contributed by atoms with Gasteiger partial charge in [0.15, 0.2) is 0 Å². The predicted molar refractivity (Wildman–Crippen MR) is 70.5 cm³/mol. The molecule has 1 aromatic rings. The topological polar surface area (TPSA) is 46.5 Å². The lowest BCUT2D eigenvalue weighted by Crippen LogP contribution is -1.89. The van der Waals surface area contributed by atoms with Crippen molar-refractivity contribution in [2.75, 3.05) is 7.11 Å². The molecule has 1 N–H and O–H groups in total. The van der Waals surface area contributed by atoms with Gasteiger partial charge in [0.05, 0.1) is 7.11 Å². The predicted octanol–water partition coefficient (Wildman–Crippen LogP) is 3.13. The van der Waals surface area contributed by atoms with Crippen LogP contribution >= 0.6 is 0 Å². The summed E-state index contributed by atoms with van der Waals surface area (Å²) in [7, 11) is 1.64. The summed E-state index contributed by atoms with van der Waals surface area (Å²) in [5.41, 5.74) is 2.34. The Bertz CT molecular complexity index is 479. The highest BCUT2D eigenvalue weighted by Gasteiger charge is 2.26. The first-order valence-corrected chi connectivity index (χ1v) is 5.96. The van der Waals surface area contributed by atoms with Gasteiger partial charge in [0.25, 0.3) is 0 Å². The molecule has 0 amide bonds. The summed E-state index contributed by atoms with van der Waals surface area (Å²) in [5, 5.41) is 8.59. The van der Waals surface area contributed by atoms with Crippen LogP contribution in [-0.2, 0) is 4.79 Å². The zero-order valence-electron chi connectivity index (χ0n) is 10.3. The van der Waals surface area contributed by atoms with Gasteiger partial charge in [-0.1, -0.05) is 24.3 Å². The number of ether oxygens (including phenoxy) is 1. The Hall–Kier alpha value is -2.03. The number of aliphatic carboxylic acids is 1. The highest BCUT2D eigenvalue weighted by atomic mass is 16.5. The number of hydrogen-bond donors (Lipinski definition) is 1. The van der Waals surface area contributed by atoms with Crippen LogP contribution in [0.15, 0.2) is 42.5 Å². The van der Waals surface area contributed by atoms with Crippen LogP contribution in [0.1, 0.15) is 18.4 Å². The van der Waals surface area contributed by atoms with E-state index in [1.165, 1.54) is 18.4 Å². The minimum absolute atomic E-state index is 0.567. The van der Waals surface area contributed by atoms with Crippen molar-refractivity contribution in [3.05, 3.63) is 48.1 Å². The largest absolute Gasteiger partial charge is 0.497 e. The monoisotopic (exact) mass is 244 g/mol. The molecule has 0 unspecified atom stereocenters. The molecular weight excluding hydrogens is 228 g/mol. The van der Waals surface area contributed by atoms with Crippen LogP contribution in [0.3, 0.4) is 0 Å². The fourth-order valence-electron chi connectivity index (χ4n) is 1.88. The van der Waals surface area contributed by atoms with Crippen molar-refractivity contribution >= 4 is 11.5 Å². The molecule has 18 heavy (non-hydrogen) atoms. The number of methoxy groups -OCH3 is 1. The van der Waals surface area contributed by atoms with Crippen molar-refractivity contribution in [3.8, 4) is 5.75 Å². The lowest BCUT2D eigenvalue weighted by atomic mass is 10.0. The van der Waals surface area contributed by atoms with E-state index >= 15 is 0 Å². The van der Waals surface area contributed by atoms with Gasteiger partial charge in [-0.25, -0.2) is 4.79 Å². The van der Waals surface area contributed by atoms with Gasteiger partial charge in [-0.15, -0.1) is 0 Å². The molecular formula is C15H16O3. The molecule has 1 fully saturated rings. The van der Waals surface area contributed by atoms with Gasteiger partial charge in [0, 0.05) is 6.08 Å². The van der Waals surface area contributed by atoms with Crippen LogP contribution in [0.2, 0.25) is 0 Å². The van der Waals surface area contributed by atoms with Crippen molar-refractivity contribution in [2.45, 2.75) is 12.8 Å². The maximum Gasteiger partial charge on any atom is 0.328 e. The van der Waals surface area contributed by atoms with Crippen LogP contribution in [0.25, 0.3) is 5.57 Å². The van der Waals surface area contributed by atoms with Crippen molar-refractivity contribution in [1.29, 1.82) is 0 Å². The average molecular weight is 244 g/mol. The van der Waals surface area contributed by atoms with Gasteiger partial charge >= 0.3 is 5.97 Å². The number of hydrogen-bond acceptors (Lipinski definition) is 2. The lowest BCUT2D eigenvalue weighted by Gasteiger charge is -2.06. The molecule has 3 nitrogen and oxygen atoms in total. The van der Waals surface area contributed by atoms with Crippen molar-refractivity contribution in [2.24, 2.45) is 5.92 Å². The number of benzene rings is 1. The Kier molecular flexibility index (Phi) is 3.82. The van der Waals surface area contributed by atoms with E-state index in [-0.39, 0.29) is 0 Å². The summed E-state index contributed by atoms with van der Waals surface area (Å²) in [6.07, 6.45) is 7.01. The second kappa shape index (κ2) is 5.54. The first-order valence-electron chi connectivity index (χ1n) is 5.96. The third-order valence-corrected chi connectivity index (χ3v) is 2.96. The quantitative estimate of drug-likeness (QED) is 0.639. The molecule has 0 atom stereocenters. The average Bonchev–Trinajstić information content (AvgIpc) is 3.19. The summed E-state index contributed by atoms with van der Waals surface area (Å²) in [5.74, 6) is 0.475. The third kappa shape index (κ3) is 3.23. The highest BCUT2D eigenvalue weighted by Crippen LogP contribution is 2.42.